The molecule has 0 radical (unpaired) electrons. The van der Waals surface area contributed by atoms with Crippen molar-refractivity contribution in [1.82, 2.24) is 4.98 Å². The Morgan fingerprint density at radius 3 is 2.74 bits per heavy atom. The molecule has 0 atom stereocenters. The molecule has 1 aromatic carbocycles. The molecule has 0 aliphatic rings. The number of aromatic nitrogens is 1. The highest BCUT2D eigenvalue weighted by molar-refractivity contribution is 9.10. The molecule has 0 N–H and O–H groups in total. The zero-order chi connectivity index (χ0) is 17.0. The van der Waals surface area contributed by atoms with Crippen LogP contribution in [0.15, 0.2) is 34.9 Å². The maximum Gasteiger partial charge on any atom is 0.273 e. The molecule has 120 valence electrons. The van der Waals surface area contributed by atoms with Crippen molar-refractivity contribution in [3.8, 4) is 5.75 Å². The number of aldehydes is 1. The Morgan fingerprint density at radius 2 is 2.13 bits per heavy atom. The average molecular weight is 379 g/mol. The van der Waals surface area contributed by atoms with Gasteiger partial charge in [-0.15, -0.1) is 0 Å². The van der Waals surface area contributed by atoms with Crippen molar-refractivity contribution in [2.45, 2.75) is 26.4 Å². The number of benzene rings is 1. The van der Waals surface area contributed by atoms with E-state index < -0.39 is 4.92 Å². The average Bonchev–Trinajstić information content (AvgIpc) is 2.52. The molecule has 0 amide bonds. The third-order valence-corrected chi connectivity index (χ3v) is 3.70. The Bertz CT molecular complexity index is 747. The first-order valence-corrected chi connectivity index (χ1v) is 7.72. The van der Waals surface area contributed by atoms with Gasteiger partial charge < -0.3 is 4.74 Å². The molecular formula is C16H15BrN2O4. The van der Waals surface area contributed by atoms with Crippen LogP contribution in [0.1, 0.15) is 41.4 Å². The number of rotatable bonds is 6. The van der Waals surface area contributed by atoms with Gasteiger partial charge in [-0.05, 0) is 33.5 Å². The first kappa shape index (κ1) is 17.1. The number of pyridine rings is 1. The molecular weight excluding hydrogens is 364 g/mol. The summed E-state index contributed by atoms with van der Waals surface area (Å²) in [5.74, 6) is 0.381. The van der Waals surface area contributed by atoms with Gasteiger partial charge in [0.05, 0.1) is 4.92 Å². The van der Waals surface area contributed by atoms with Crippen LogP contribution in [0.3, 0.4) is 0 Å². The normalized spacial score (nSPS) is 10.6. The van der Waals surface area contributed by atoms with E-state index >= 15 is 0 Å². The molecule has 1 heterocycles. The summed E-state index contributed by atoms with van der Waals surface area (Å²) >= 11 is 3.26. The van der Waals surface area contributed by atoms with Gasteiger partial charge in [-0.1, -0.05) is 26.0 Å². The van der Waals surface area contributed by atoms with E-state index in [4.69, 9.17) is 4.74 Å². The molecule has 0 bridgehead atoms. The molecule has 0 saturated heterocycles. The topological polar surface area (TPSA) is 82.3 Å². The van der Waals surface area contributed by atoms with Crippen LogP contribution in [0.4, 0.5) is 5.69 Å². The lowest BCUT2D eigenvalue weighted by atomic mass is 9.99. The first-order valence-electron chi connectivity index (χ1n) is 6.93. The van der Waals surface area contributed by atoms with Gasteiger partial charge in [0.2, 0.25) is 0 Å². The summed E-state index contributed by atoms with van der Waals surface area (Å²) in [4.78, 5) is 25.7. The summed E-state index contributed by atoms with van der Waals surface area (Å²) in [5, 5.41) is 11.2. The van der Waals surface area contributed by atoms with Crippen molar-refractivity contribution in [2.75, 3.05) is 0 Å². The second-order valence-electron chi connectivity index (χ2n) is 5.25. The Labute approximate surface area is 141 Å². The molecule has 0 aliphatic heterocycles. The van der Waals surface area contributed by atoms with Gasteiger partial charge in [0, 0.05) is 22.3 Å². The summed E-state index contributed by atoms with van der Waals surface area (Å²) in [7, 11) is 0. The van der Waals surface area contributed by atoms with Crippen LogP contribution in [-0.4, -0.2) is 16.2 Å². The van der Waals surface area contributed by atoms with E-state index in [1.54, 1.807) is 18.2 Å². The van der Waals surface area contributed by atoms with Gasteiger partial charge in [-0.25, -0.2) is 4.98 Å². The third-order valence-electron chi connectivity index (χ3n) is 3.27. The van der Waals surface area contributed by atoms with E-state index in [1.807, 2.05) is 13.8 Å². The highest BCUT2D eigenvalue weighted by Crippen LogP contribution is 2.28. The van der Waals surface area contributed by atoms with Crippen LogP contribution in [0, 0.1) is 10.1 Å². The number of carbonyl (C=O) groups is 1. The predicted molar refractivity (Wildman–Crippen MR) is 88.8 cm³/mol. The van der Waals surface area contributed by atoms with E-state index in [2.05, 4.69) is 20.9 Å². The van der Waals surface area contributed by atoms with Crippen molar-refractivity contribution < 1.29 is 14.5 Å². The number of nitro benzene ring substituents is 1. The number of hydrogen-bond donors (Lipinski definition) is 0. The van der Waals surface area contributed by atoms with Crippen LogP contribution >= 0.6 is 15.9 Å². The molecule has 0 unspecified atom stereocenters. The summed E-state index contributed by atoms with van der Waals surface area (Å²) in [6, 6.07) is 6.66. The van der Waals surface area contributed by atoms with Crippen molar-refractivity contribution in [2.24, 2.45) is 0 Å². The smallest absolute Gasteiger partial charge is 0.273 e. The molecule has 1 aromatic heterocycles. The Kier molecular flexibility index (Phi) is 5.44. The Hall–Kier alpha value is -2.28. The van der Waals surface area contributed by atoms with Crippen LogP contribution < -0.4 is 4.74 Å². The zero-order valence-electron chi connectivity index (χ0n) is 12.7. The monoisotopic (exact) mass is 378 g/mol. The molecule has 0 saturated carbocycles. The highest BCUT2D eigenvalue weighted by atomic mass is 79.9. The van der Waals surface area contributed by atoms with Crippen molar-refractivity contribution in [3.63, 3.8) is 0 Å². The molecule has 2 aromatic rings. The zero-order valence-corrected chi connectivity index (χ0v) is 14.2. The minimum absolute atomic E-state index is 0.0568. The van der Waals surface area contributed by atoms with Crippen LogP contribution in [0.5, 0.6) is 5.75 Å². The molecule has 2 rings (SSSR count). The van der Waals surface area contributed by atoms with Gasteiger partial charge >= 0.3 is 0 Å². The third kappa shape index (κ3) is 4.13. The van der Waals surface area contributed by atoms with E-state index in [1.165, 1.54) is 12.3 Å². The van der Waals surface area contributed by atoms with Crippen LogP contribution in [0.25, 0.3) is 0 Å². The quantitative estimate of drug-likeness (QED) is 0.425. The maximum atomic E-state index is 11.2. The lowest BCUT2D eigenvalue weighted by molar-refractivity contribution is -0.385. The fourth-order valence-corrected chi connectivity index (χ4v) is 2.43. The summed E-state index contributed by atoms with van der Waals surface area (Å²) < 4.78 is 6.26. The Balaban J connectivity index is 2.24. The number of ether oxygens (including phenoxy) is 1. The van der Waals surface area contributed by atoms with Gasteiger partial charge in [-0.2, -0.15) is 0 Å². The van der Waals surface area contributed by atoms with E-state index in [-0.39, 0.29) is 23.9 Å². The van der Waals surface area contributed by atoms with Crippen molar-refractivity contribution in [3.05, 3.63) is 61.9 Å². The second kappa shape index (κ2) is 7.32. The molecule has 0 fully saturated rings. The fraction of sp³-hybridized carbons (Fsp3) is 0.250. The second-order valence-corrected chi connectivity index (χ2v) is 6.16. The predicted octanol–water partition coefficient (Wildman–Crippen LogP) is 4.27. The number of nitro groups is 1. The van der Waals surface area contributed by atoms with Gasteiger partial charge in [0.25, 0.3) is 5.69 Å². The van der Waals surface area contributed by atoms with Gasteiger partial charge in [0.15, 0.2) is 6.29 Å². The first-order chi connectivity index (χ1) is 10.9. The molecule has 6 nitrogen and oxygen atoms in total. The number of carbonyl (C=O) groups excluding carboxylic acids is 1. The van der Waals surface area contributed by atoms with Crippen molar-refractivity contribution >= 4 is 27.9 Å². The molecule has 0 spiro atoms. The maximum absolute atomic E-state index is 11.2. The van der Waals surface area contributed by atoms with E-state index in [9.17, 15) is 14.9 Å². The largest absolute Gasteiger partial charge is 0.486 e. The SMILES string of the molecule is CC(C)c1ccc(COc2cc(Br)cnc2C=O)cc1[N+](=O)[O-]. The van der Waals surface area contributed by atoms with E-state index in [0.717, 1.165) is 0 Å². The summed E-state index contributed by atoms with van der Waals surface area (Å²) in [5.41, 5.74) is 1.58. The standard InChI is InChI=1S/C16H15BrN2O4/c1-10(2)13-4-3-11(5-15(13)19(21)22)9-23-16-6-12(17)7-18-14(16)8-20/h3-8,10H,9H2,1-2H3. The Morgan fingerprint density at radius 1 is 1.39 bits per heavy atom. The number of halogens is 1. The van der Waals surface area contributed by atoms with Gasteiger partial charge in [-0.3, -0.25) is 14.9 Å². The molecule has 23 heavy (non-hydrogen) atoms. The van der Waals surface area contributed by atoms with Crippen LogP contribution in [0.2, 0.25) is 0 Å². The van der Waals surface area contributed by atoms with Crippen molar-refractivity contribution in [1.29, 1.82) is 0 Å². The molecule has 0 aliphatic carbocycles. The minimum Gasteiger partial charge on any atom is -0.486 e. The summed E-state index contributed by atoms with van der Waals surface area (Å²) in [6.45, 7) is 3.92. The lowest BCUT2D eigenvalue weighted by Crippen LogP contribution is -2.03. The number of nitrogens with zero attached hydrogens (tertiary/aromatic N) is 2. The lowest BCUT2D eigenvalue weighted by Gasteiger charge is -2.11. The van der Waals surface area contributed by atoms with Gasteiger partial charge in [0.1, 0.15) is 18.1 Å². The van der Waals surface area contributed by atoms with Crippen LogP contribution in [-0.2, 0) is 6.61 Å². The molecule has 7 heteroatoms. The highest BCUT2D eigenvalue weighted by Gasteiger charge is 2.17. The summed E-state index contributed by atoms with van der Waals surface area (Å²) in [6.07, 6.45) is 2.10. The number of hydrogen-bond acceptors (Lipinski definition) is 5. The fourth-order valence-electron chi connectivity index (χ4n) is 2.12. The minimum atomic E-state index is -0.393. The van der Waals surface area contributed by atoms with E-state index in [0.29, 0.717) is 27.6 Å².